The number of nitrogen functional groups attached to an aromatic ring is 1. The molecule has 0 amide bonds. The van der Waals surface area contributed by atoms with Gasteiger partial charge in [-0.1, -0.05) is 24.6 Å². The summed E-state index contributed by atoms with van der Waals surface area (Å²) in [6.07, 6.45) is 9.29. The molecule has 0 spiro atoms. The fourth-order valence-electron chi connectivity index (χ4n) is 2.37. The molecule has 0 fully saturated rings. The summed E-state index contributed by atoms with van der Waals surface area (Å²) in [6, 6.07) is 7.80. The number of allylic oxidation sites excluding steroid dienone is 2. The first-order valence-corrected chi connectivity index (χ1v) is 6.82. The van der Waals surface area contributed by atoms with Crippen LogP contribution in [-0.2, 0) is 11.2 Å². The smallest absolute Gasteiger partial charge is 0.158 e. The Kier molecular flexibility index (Phi) is 4.57. The summed E-state index contributed by atoms with van der Waals surface area (Å²) in [5.74, 6) is 0.328. The summed E-state index contributed by atoms with van der Waals surface area (Å²) in [5, 5.41) is 0. The van der Waals surface area contributed by atoms with E-state index >= 15 is 0 Å². The molecule has 0 heterocycles. The number of anilines is 1. The van der Waals surface area contributed by atoms with Crippen LogP contribution in [0, 0.1) is 0 Å². The number of carbonyl (C=O) groups is 1. The molecule has 96 valence electrons. The minimum atomic E-state index is 0.328. The van der Waals surface area contributed by atoms with E-state index in [9.17, 15) is 4.79 Å². The fourth-order valence-corrected chi connectivity index (χ4v) is 2.37. The lowest BCUT2D eigenvalue weighted by atomic mass is 9.99. The highest BCUT2D eigenvalue weighted by atomic mass is 16.1. The molecule has 0 aromatic heterocycles. The predicted molar refractivity (Wildman–Crippen MR) is 75.4 cm³/mol. The lowest BCUT2D eigenvalue weighted by molar-refractivity contribution is -0.115. The number of nitrogens with two attached hydrogens (primary N) is 1. The van der Waals surface area contributed by atoms with Gasteiger partial charge in [0.15, 0.2) is 5.78 Å². The molecule has 1 aromatic carbocycles. The van der Waals surface area contributed by atoms with Gasteiger partial charge in [0.2, 0.25) is 0 Å². The lowest BCUT2D eigenvalue weighted by Crippen LogP contribution is -2.04. The van der Waals surface area contributed by atoms with Crippen LogP contribution >= 0.6 is 0 Å². The Morgan fingerprint density at radius 1 is 1.11 bits per heavy atom. The Labute approximate surface area is 109 Å². The van der Waals surface area contributed by atoms with Crippen molar-refractivity contribution in [1.82, 2.24) is 0 Å². The van der Waals surface area contributed by atoms with E-state index in [4.69, 9.17) is 5.73 Å². The van der Waals surface area contributed by atoms with Gasteiger partial charge in [-0.25, -0.2) is 0 Å². The minimum absolute atomic E-state index is 0.328. The average molecular weight is 243 g/mol. The zero-order chi connectivity index (χ0) is 12.8. The first kappa shape index (κ1) is 12.9. The van der Waals surface area contributed by atoms with Crippen molar-refractivity contribution in [3.63, 3.8) is 0 Å². The topological polar surface area (TPSA) is 43.1 Å². The maximum Gasteiger partial charge on any atom is 0.158 e. The lowest BCUT2D eigenvalue weighted by Gasteiger charge is -2.05. The Morgan fingerprint density at radius 2 is 1.89 bits per heavy atom. The van der Waals surface area contributed by atoms with Gasteiger partial charge in [-0.2, -0.15) is 0 Å². The highest BCUT2D eigenvalue weighted by Gasteiger charge is 2.11. The van der Waals surface area contributed by atoms with Crippen LogP contribution in [0.4, 0.5) is 5.69 Å². The van der Waals surface area contributed by atoms with E-state index in [1.165, 1.54) is 24.8 Å². The van der Waals surface area contributed by atoms with Crippen molar-refractivity contribution in [3.05, 3.63) is 41.5 Å². The third-order valence-corrected chi connectivity index (χ3v) is 3.52. The summed E-state index contributed by atoms with van der Waals surface area (Å²) < 4.78 is 0. The van der Waals surface area contributed by atoms with Crippen molar-refractivity contribution in [2.45, 2.75) is 44.9 Å². The molecular formula is C16H21NO. The van der Waals surface area contributed by atoms with Crippen LogP contribution in [0.5, 0.6) is 0 Å². The Balaban J connectivity index is 1.87. The third kappa shape index (κ3) is 3.73. The van der Waals surface area contributed by atoms with Crippen LogP contribution in [0.15, 0.2) is 35.9 Å². The Bertz CT molecular complexity index is 431. The molecule has 2 heteroatoms. The van der Waals surface area contributed by atoms with Crippen LogP contribution in [0.25, 0.3) is 0 Å². The molecule has 0 atom stereocenters. The maximum atomic E-state index is 12.1. The van der Waals surface area contributed by atoms with Gasteiger partial charge in [0.25, 0.3) is 0 Å². The van der Waals surface area contributed by atoms with E-state index in [0.717, 1.165) is 30.5 Å². The van der Waals surface area contributed by atoms with Crippen LogP contribution in [-0.4, -0.2) is 5.78 Å². The van der Waals surface area contributed by atoms with Crippen molar-refractivity contribution >= 4 is 11.5 Å². The summed E-state index contributed by atoms with van der Waals surface area (Å²) in [4.78, 5) is 12.1. The van der Waals surface area contributed by atoms with Gasteiger partial charge in [0.05, 0.1) is 0 Å². The number of Topliss-reactive ketones (excluding diaryl/α,β-unsaturated/α-hetero) is 1. The molecule has 1 aliphatic carbocycles. The zero-order valence-electron chi connectivity index (χ0n) is 10.8. The van der Waals surface area contributed by atoms with Gasteiger partial charge < -0.3 is 5.73 Å². The number of hydrogen-bond acceptors (Lipinski definition) is 2. The van der Waals surface area contributed by atoms with Gasteiger partial charge >= 0.3 is 0 Å². The van der Waals surface area contributed by atoms with Gasteiger partial charge in [-0.3, -0.25) is 4.79 Å². The highest BCUT2D eigenvalue weighted by molar-refractivity contribution is 5.95. The number of benzene rings is 1. The number of aryl methyl sites for hydroxylation is 1. The van der Waals surface area contributed by atoms with E-state index in [0.29, 0.717) is 12.2 Å². The molecule has 1 aromatic rings. The largest absolute Gasteiger partial charge is 0.399 e. The highest BCUT2D eigenvalue weighted by Crippen LogP contribution is 2.19. The normalized spacial score (nSPS) is 15.9. The number of rotatable bonds is 4. The fraction of sp³-hybridized carbons (Fsp3) is 0.438. The van der Waals surface area contributed by atoms with Crippen LogP contribution in [0.2, 0.25) is 0 Å². The monoisotopic (exact) mass is 243 g/mol. The molecule has 0 radical (unpaired) electrons. The molecular weight excluding hydrogens is 222 g/mol. The third-order valence-electron chi connectivity index (χ3n) is 3.52. The summed E-state index contributed by atoms with van der Waals surface area (Å²) in [5.41, 5.74) is 8.66. The van der Waals surface area contributed by atoms with E-state index in [2.05, 4.69) is 6.08 Å². The second kappa shape index (κ2) is 6.39. The number of hydrogen-bond donors (Lipinski definition) is 1. The Morgan fingerprint density at radius 3 is 2.67 bits per heavy atom. The molecule has 2 rings (SSSR count). The first-order valence-electron chi connectivity index (χ1n) is 6.82. The Hall–Kier alpha value is -1.57. The predicted octanol–water partition coefficient (Wildman–Crippen LogP) is 3.66. The van der Waals surface area contributed by atoms with Crippen LogP contribution in [0.1, 0.15) is 44.1 Å². The van der Waals surface area contributed by atoms with E-state index in [1.54, 1.807) is 0 Å². The minimum Gasteiger partial charge on any atom is -0.399 e. The standard InChI is InChI=1S/C16H21NO/c17-15-10-7-13(8-11-15)9-12-16(18)14-5-3-1-2-4-6-14/h5,7-8,10-11H,1-4,6,9,12,17H2. The van der Waals surface area contributed by atoms with Crippen molar-refractivity contribution in [3.8, 4) is 0 Å². The van der Waals surface area contributed by atoms with Crippen molar-refractivity contribution in [2.75, 3.05) is 5.73 Å². The molecule has 1 aliphatic rings. The van der Waals surface area contributed by atoms with Crippen molar-refractivity contribution < 1.29 is 4.79 Å². The van der Waals surface area contributed by atoms with Gasteiger partial charge in [0, 0.05) is 12.1 Å². The van der Waals surface area contributed by atoms with Crippen LogP contribution in [0.3, 0.4) is 0 Å². The van der Waals surface area contributed by atoms with Crippen molar-refractivity contribution in [2.24, 2.45) is 0 Å². The molecule has 0 unspecified atom stereocenters. The van der Waals surface area contributed by atoms with E-state index in [1.807, 2.05) is 24.3 Å². The summed E-state index contributed by atoms with van der Waals surface area (Å²) in [7, 11) is 0. The second-order valence-electron chi connectivity index (χ2n) is 4.99. The number of ketones is 1. The SMILES string of the molecule is Nc1ccc(CCC(=O)C2=CCCCCC2)cc1. The average Bonchev–Trinajstić information content (AvgIpc) is 2.66. The quantitative estimate of drug-likeness (QED) is 0.820. The van der Waals surface area contributed by atoms with E-state index < -0.39 is 0 Å². The first-order chi connectivity index (χ1) is 8.75. The van der Waals surface area contributed by atoms with Gasteiger partial charge in [-0.15, -0.1) is 0 Å². The number of carbonyl (C=O) groups excluding carboxylic acids is 1. The summed E-state index contributed by atoms with van der Waals surface area (Å²) in [6.45, 7) is 0. The molecule has 0 saturated heterocycles. The molecule has 0 bridgehead atoms. The molecule has 2 nitrogen and oxygen atoms in total. The van der Waals surface area contributed by atoms with Gasteiger partial charge in [-0.05, 0) is 55.4 Å². The molecule has 0 aliphatic heterocycles. The second-order valence-corrected chi connectivity index (χ2v) is 4.99. The van der Waals surface area contributed by atoms with Crippen LogP contribution < -0.4 is 5.73 Å². The van der Waals surface area contributed by atoms with Crippen molar-refractivity contribution in [1.29, 1.82) is 0 Å². The molecule has 2 N–H and O–H groups in total. The van der Waals surface area contributed by atoms with Gasteiger partial charge in [0.1, 0.15) is 0 Å². The molecule has 18 heavy (non-hydrogen) atoms. The maximum absolute atomic E-state index is 12.1. The molecule has 0 saturated carbocycles. The zero-order valence-corrected chi connectivity index (χ0v) is 10.8. The van der Waals surface area contributed by atoms with E-state index in [-0.39, 0.29) is 0 Å². The summed E-state index contributed by atoms with van der Waals surface area (Å²) >= 11 is 0.